The Bertz CT molecular complexity index is 351. The fraction of sp³-hybridized carbons (Fsp3) is 0.545. The van der Waals surface area contributed by atoms with Crippen molar-refractivity contribution in [2.24, 2.45) is 0 Å². The Morgan fingerprint density at radius 2 is 2.50 bits per heavy atom. The number of hydrogen-bond donors (Lipinski definition) is 1. The van der Waals surface area contributed by atoms with Gasteiger partial charge in [0.05, 0.1) is 6.42 Å². The summed E-state index contributed by atoms with van der Waals surface area (Å²) >= 11 is 0. The SMILES string of the molecule is Cc1cc2c(o1)C(CC(=O)O)CCC2. The van der Waals surface area contributed by atoms with Crippen LogP contribution in [-0.2, 0) is 11.2 Å². The number of carbonyl (C=O) groups is 1. The lowest BCUT2D eigenvalue weighted by molar-refractivity contribution is -0.137. The highest BCUT2D eigenvalue weighted by Crippen LogP contribution is 2.35. The molecule has 1 unspecified atom stereocenters. The summed E-state index contributed by atoms with van der Waals surface area (Å²) in [6.07, 6.45) is 3.24. The molecule has 1 aromatic heterocycles. The topological polar surface area (TPSA) is 50.4 Å². The predicted molar refractivity (Wildman–Crippen MR) is 51.4 cm³/mol. The number of furan rings is 1. The van der Waals surface area contributed by atoms with Gasteiger partial charge in [0.2, 0.25) is 0 Å². The minimum absolute atomic E-state index is 0.0879. The lowest BCUT2D eigenvalue weighted by atomic mass is 9.86. The first-order valence-corrected chi connectivity index (χ1v) is 4.98. The molecular weight excluding hydrogens is 180 g/mol. The van der Waals surface area contributed by atoms with E-state index < -0.39 is 5.97 Å². The van der Waals surface area contributed by atoms with Crippen molar-refractivity contribution < 1.29 is 14.3 Å². The van der Waals surface area contributed by atoms with Crippen LogP contribution in [0.3, 0.4) is 0 Å². The van der Waals surface area contributed by atoms with Gasteiger partial charge >= 0.3 is 5.97 Å². The number of aliphatic carboxylic acids is 1. The van der Waals surface area contributed by atoms with Crippen molar-refractivity contribution in [1.29, 1.82) is 0 Å². The lowest BCUT2D eigenvalue weighted by Crippen LogP contribution is -2.11. The molecule has 0 bridgehead atoms. The summed E-state index contributed by atoms with van der Waals surface area (Å²) in [5.74, 6) is 1.16. The van der Waals surface area contributed by atoms with Crippen molar-refractivity contribution in [3.8, 4) is 0 Å². The predicted octanol–water partition coefficient (Wildman–Crippen LogP) is 2.48. The minimum atomic E-state index is -0.739. The second kappa shape index (κ2) is 3.48. The molecule has 1 atom stereocenters. The zero-order valence-electron chi connectivity index (χ0n) is 8.25. The lowest BCUT2D eigenvalue weighted by Gasteiger charge is -2.18. The van der Waals surface area contributed by atoms with Crippen molar-refractivity contribution in [2.45, 2.75) is 38.5 Å². The Kier molecular flexibility index (Phi) is 2.32. The molecule has 0 saturated heterocycles. The molecular formula is C11H14O3. The van der Waals surface area contributed by atoms with E-state index in [1.165, 1.54) is 5.56 Å². The number of fused-ring (bicyclic) bond motifs is 1. The number of carboxylic acids is 1. The molecule has 1 heterocycles. The Balaban J connectivity index is 2.25. The van der Waals surface area contributed by atoms with Crippen LogP contribution in [0.1, 0.15) is 42.3 Å². The molecule has 0 amide bonds. The Morgan fingerprint density at radius 3 is 3.21 bits per heavy atom. The highest BCUT2D eigenvalue weighted by molar-refractivity contribution is 5.68. The molecule has 2 rings (SSSR count). The average molecular weight is 194 g/mol. The molecule has 3 heteroatoms. The van der Waals surface area contributed by atoms with E-state index in [4.69, 9.17) is 9.52 Å². The van der Waals surface area contributed by atoms with Crippen molar-refractivity contribution in [2.75, 3.05) is 0 Å². The van der Waals surface area contributed by atoms with Crippen molar-refractivity contribution in [3.05, 3.63) is 23.2 Å². The number of hydrogen-bond acceptors (Lipinski definition) is 2. The number of carboxylic acid groups (broad SMARTS) is 1. The van der Waals surface area contributed by atoms with E-state index >= 15 is 0 Å². The first-order valence-electron chi connectivity index (χ1n) is 4.98. The van der Waals surface area contributed by atoms with E-state index in [0.717, 1.165) is 30.8 Å². The van der Waals surface area contributed by atoms with Gasteiger partial charge in [0.1, 0.15) is 11.5 Å². The molecule has 0 radical (unpaired) electrons. The smallest absolute Gasteiger partial charge is 0.304 e. The minimum Gasteiger partial charge on any atom is -0.481 e. The van der Waals surface area contributed by atoms with Gasteiger partial charge in [-0.2, -0.15) is 0 Å². The summed E-state index contributed by atoms with van der Waals surface area (Å²) in [7, 11) is 0. The van der Waals surface area contributed by atoms with Crippen LogP contribution in [0.4, 0.5) is 0 Å². The van der Waals surface area contributed by atoms with Gasteiger partial charge in [0, 0.05) is 5.92 Å². The molecule has 0 spiro atoms. The molecule has 0 fully saturated rings. The maximum Gasteiger partial charge on any atom is 0.304 e. The van der Waals surface area contributed by atoms with Crippen LogP contribution in [0.5, 0.6) is 0 Å². The fourth-order valence-corrected chi connectivity index (χ4v) is 2.20. The molecule has 0 aromatic carbocycles. The van der Waals surface area contributed by atoms with E-state index in [1.807, 2.05) is 13.0 Å². The molecule has 1 aliphatic rings. The van der Waals surface area contributed by atoms with Crippen molar-refractivity contribution in [1.82, 2.24) is 0 Å². The maximum absolute atomic E-state index is 10.6. The summed E-state index contributed by atoms with van der Waals surface area (Å²) < 4.78 is 5.56. The van der Waals surface area contributed by atoms with Crippen LogP contribution in [0.25, 0.3) is 0 Å². The van der Waals surface area contributed by atoms with Crippen LogP contribution in [0.2, 0.25) is 0 Å². The van der Waals surface area contributed by atoms with E-state index in [-0.39, 0.29) is 12.3 Å². The fourth-order valence-electron chi connectivity index (χ4n) is 2.20. The van der Waals surface area contributed by atoms with Gasteiger partial charge in [-0.3, -0.25) is 4.79 Å². The maximum atomic E-state index is 10.6. The zero-order valence-corrected chi connectivity index (χ0v) is 8.25. The molecule has 3 nitrogen and oxygen atoms in total. The summed E-state index contributed by atoms with van der Waals surface area (Å²) in [6, 6.07) is 2.03. The van der Waals surface area contributed by atoms with Gasteiger partial charge in [-0.25, -0.2) is 0 Å². The van der Waals surface area contributed by atoms with Crippen LogP contribution < -0.4 is 0 Å². The Morgan fingerprint density at radius 1 is 1.71 bits per heavy atom. The normalized spacial score (nSPS) is 20.5. The monoisotopic (exact) mass is 194 g/mol. The van der Waals surface area contributed by atoms with Crippen LogP contribution in [0, 0.1) is 6.92 Å². The first-order chi connectivity index (χ1) is 6.66. The number of rotatable bonds is 2. The summed E-state index contributed by atoms with van der Waals surface area (Å²) in [6.45, 7) is 1.91. The third-order valence-corrected chi connectivity index (χ3v) is 2.76. The van der Waals surface area contributed by atoms with E-state index in [1.54, 1.807) is 0 Å². The third-order valence-electron chi connectivity index (χ3n) is 2.76. The quantitative estimate of drug-likeness (QED) is 0.786. The van der Waals surface area contributed by atoms with E-state index in [0.29, 0.717) is 0 Å². The highest BCUT2D eigenvalue weighted by Gasteiger charge is 2.26. The second-order valence-electron chi connectivity index (χ2n) is 3.93. The second-order valence-corrected chi connectivity index (χ2v) is 3.93. The summed E-state index contributed by atoms with van der Waals surface area (Å²) in [5, 5.41) is 8.76. The average Bonchev–Trinajstić information content (AvgIpc) is 2.45. The van der Waals surface area contributed by atoms with Crippen LogP contribution in [0.15, 0.2) is 10.5 Å². The molecule has 76 valence electrons. The first kappa shape index (κ1) is 9.31. The van der Waals surface area contributed by atoms with E-state index in [9.17, 15) is 4.79 Å². The van der Waals surface area contributed by atoms with Gasteiger partial charge in [-0.05, 0) is 37.8 Å². The van der Waals surface area contributed by atoms with Gasteiger partial charge in [-0.1, -0.05) is 0 Å². The third kappa shape index (κ3) is 1.67. The Hall–Kier alpha value is -1.25. The van der Waals surface area contributed by atoms with Crippen LogP contribution >= 0.6 is 0 Å². The molecule has 14 heavy (non-hydrogen) atoms. The van der Waals surface area contributed by atoms with Gasteiger partial charge in [-0.15, -0.1) is 0 Å². The molecule has 0 aliphatic heterocycles. The highest BCUT2D eigenvalue weighted by atomic mass is 16.4. The number of aryl methyl sites for hydroxylation is 2. The standard InChI is InChI=1S/C11H14O3/c1-7-5-8-3-2-4-9(6-10(12)13)11(8)14-7/h5,9H,2-4,6H2,1H3,(H,12,13). The summed E-state index contributed by atoms with van der Waals surface area (Å²) in [5.41, 5.74) is 1.21. The molecule has 1 aliphatic carbocycles. The summed E-state index contributed by atoms with van der Waals surface area (Å²) in [4.78, 5) is 10.6. The molecule has 0 saturated carbocycles. The Labute approximate surface area is 82.7 Å². The zero-order chi connectivity index (χ0) is 10.1. The molecule has 1 N–H and O–H groups in total. The largest absolute Gasteiger partial charge is 0.481 e. The van der Waals surface area contributed by atoms with Crippen molar-refractivity contribution in [3.63, 3.8) is 0 Å². The van der Waals surface area contributed by atoms with E-state index in [2.05, 4.69) is 0 Å². The van der Waals surface area contributed by atoms with Crippen molar-refractivity contribution >= 4 is 5.97 Å². The van der Waals surface area contributed by atoms with Gasteiger partial charge in [0.15, 0.2) is 0 Å². The van der Waals surface area contributed by atoms with Crippen LogP contribution in [-0.4, -0.2) is 11.1 Å². The molecule has 1 aromatic rings. The van der Waals surface area contributed by atoms with Gasteiger partial charge in [0.25, 0.3) is 0 Å². The van der Waals surface area contributed by atoms with Gasteiger partial charge < -0.3 is 9.52 Å².